The fraction of sp³-hybridized carbons (Fsp3) is 0. The predicted molar refractivity (Wildman–Crippen MR) is 24.8 cm³/mol. The maximum absolute atomic E-state index is 8.59. The van der Waals surface area contributed by atoms with Gasteiger partial charge in [-0.25, -0.2) is 5.26 Å². The van der Waals surface area contributed by atoms with E-state index in [9.17, 15) is 0 Å². The summed E-state index contributed by atoms with van der Waals surface area (Å²) in [6.07, 6.45) is 0. The standard InChI is InChI=1S/CHNS.Cr.Cu.Fe.K.H2O4S.4O/c2-1-3;;;;;1-5(2,3)4;;;;/h3H;;;;;(H2,1,2,3,4);;;;/q;;2*+2;+1;;;;2*-1/p-3. The van der Waals surface area contributed by atoms with Crippen LogP contribution in [0.5, 0.6) is 0 Å². The topological polar surface area (TPSA) is 184 Å². The zero-order chi connectivity index (χ0) is 11.7. The Morgan fingerprint density at radius 1 is 1.19 bits per heavy atom. The number of hydrogen-bond acceptors (Lipinski definition) is 10. The van der Waals surface area contributed by atoms with Gasteiger partial charge in [-0.2, -0.15) is 0 Å². The van der Waals surface area contributed by atoms with E-state index >= 15 is 0 Å². The van der Waals surface area contributed by atoms with Crippen LogP contribution in [0.15, 0.2) is 0 Å². The average Bonchev–Trinajstić information content (AvgIpc) is 1.52. The Morgan fingerprint density at radius 2 is 1.19 bits per heavy atom. The van der Waals surface area contributed by atoms with Gasteiger partial charge in [0, 0.05) is 10.4 Å². The van der Waals surface area contributed by atoms with Gasteiger partial charge in [0.1, 0.15) is 0 Å². The first-order valence-corrected chi connectivity index (χ1v) is 5.58. The van der Waals surface area contributed by atoms with Gasteiger partial charge < -0.3 is 21.7 Å². The quantitative estimate of drug-likeness (QED) is 0.118. The summed E-state index contributed by atoms with van der Waals surface area (Å²) >= 11 is -2.05. The van der Waals surface area contributed by atoms with Crippen molar-refractivity contribution in [1.82, 2.24) is 0 Å². The maximum atomic E-state index is 8.59. The Labute approximate surface area is 163 Å². The van der Waals surface area contributed by atoms with E-state index in [-0.39, 0.29) is 85.5 Å². The van der Waals surface area contributed by atoms with Gasteiger partial charge >= 0.3 is 115 Å². The number of nitriles is 1. The SMILES string of the molecule is N#C[S-].O=S(=O)([O-])[O-].[Cu+2].[Fe+2].[K+].[O]=[Cr](=[O])([O-])[O-]. The van der Waals surface area contributed by atoms with Gasteiger partial charge in [-0.05, 0) is 0 Å². The predicted octanol–water partition coefficient (Wildman–Crippen LogP) is -6.94. The number of hydrogen-bond donors (Lipinski definition) is 0. The van der Waals surface area contributed by atoms with E-state index in [1.165, 1.54) is 5.40 Å². The molecule has 0 unspecified atom stereocenters. The first kappa shape index (κ1) is 36.2. The van der Waals surface area contributed by atoms with Gasteiger partial charge in [0.25, 0.3) is 0 Å². The molecule has 0 rings (SSSR count). The summed E-state index contributed by atoms with van der Waals surface area (Å²) in [4.78, 5) is 0. The second kappa shape index (κ2) is 19.6. The van der Waals surface area contributed by atoms with Crippen molar-refractivity contribution in [1.29, 1.82) is 5.26 Å². The molecule has 0 saturated carbocycles. The summed E-state index contributed by atoms with van der Waals surface area (Å²) in [5, 5.41) is 8.47. The summed E-state index contributed by atoms with van der Waals surface area (Å²) in [7, 11) is -5.17. The molecule has 16 heavy (non-hydrogen) atoms. The molecule has 0 amide bonds. The molecule has 95 valence electrons. The first-order valence-electron chi connectivity index (χ1n) is 1.76. The molecule has 0 fully saturated rings. The molecule has 15 heteroatoms. The normalized spacial score (nSPS) is 7.69. The minimum absolute atomic E-state index is 0. The zero-order valence-electron chi connectivity index (χ0n) is 7.09. The van der Waals surface area contributed by atoms with Crippen LogP contribution in [0.2, 0.25) is 0 Å². The molecule has 0 atom stereocenters. The molecule has 0 spiro atoms. The van der Waals surface area contributed by atoms with Crippen LogP contribution in [0, 0.1) is 10.7 Å². The summed E-state index contributed by atoms with van der Waals surface area (Å²) in [5.74, 6) is 0. The van der Waals surface area contributed by atoms with Crippen LogP contribution in [0.3, 0.4) is 0 Å². The number of rotatable bonds is 0. The van der Waals surface area contributed by atoms with Crippen molar-refractivity contribution in [3.63, 3.8) is 0 Å². The molecule has 0 N–H and O–H groups in total. The van der Waals surface area contributed by atoms with Crippen LogP contribution in [-0.4, -0.2) is 17.5 Å². The second-order valence-electron chi connectivity index (χ2n) is 0.908. The number of thiocyanates is 1. The fourth-order valence-corrected chi connectivity index (χ4v) is 0. The van der Waals surface area contributed by atoms with E-state index in [1.54, 1.807) is 0 Å². The molecule has 9 nitrogen and oxygen atoms in total. The van der Waals surface area contributed by atoms with Crippen molar-refractivity contribution in [2.75, 3.05) is 0 Å². The number of nitrogens with zero attached hydrogens (tertiary/aromatic N) is 1. The Bertz CT molecular complexity index is 303. The Kier molecular flexibility index (Phi) is 44.4. The van der Waals surface area contributed by atoms with E-state index in [0.29, 0.717) is 0 Å². The van der Waals surface area contributed by atoms with Crippen LogP contribution in [-0.2, 0) is 78.4 Å². The molecule has 0 heterocycles. The van der Waals surface area contributed by atoms with Crippen LogP contribution in [0.1, 0.15) is 0 Å². The van der Waals surface area contributed by atoms with Crippen molar-refractivity contribution in [3.05, 3.63) is 0 Å². The van der Waals surface area contributed by atoms with Gasteiger partial charge in [-0.15, -0.1) is 0 Å². The van der Waals surface area contributed by atoms with Crippen LogP contribution in [0.25, 0.3) is 0 Å². The Hall–Kier alpha value is 2.31. The van der Waals surface area contributed by atoms with Crippen LogP contribution < -0.4 is 59.7 Å². The van der Waals surface area contributed by atoms with E-state index in [4.69, 9.17) is 38.7 Å². The van der Waals surface area contributed by atoms with Crippen molar-refractivity contribution in [2.24, 2.45) is 0 Å². The third-order valence-corrected chi connectivity index (χ3v) is 0. The molecule has 0 aliphatic heterocycles. The molecular weight excluding hydrogens is 429 g/mol. The molecule has 0 aromatic rings. The van der Waals surface area contributed by atoms with Gasteiger partial charge in [0.2, 0.25) is 0 Å². The van der Waals surface area contributed by atoms with Crippen LogP contribution >= 0.6 is 0 Å². The van der Waals surface area contributed by atoms with Gasteiger partial charge in [0.15, 0.2) is 0 Å². The fourth-order valence-electron chi connectivity index (χ4n) is 0. The van der Waals surface area contributed by atoms with Crippen LogP contribution in [0.4, 0.5) is 0 Å². The molecule has 0 aliphatic rings. The zero-order valence-corrected chi connectivity index (χ0v) is 15.2. The average molecular weight is 429 g/mol. The summed E-state index contributed by atoms with van der Waals surface area (Å²) in [6.45, 7) is 0. The van der Waals surface area contributed by atoms with Crippen molar-refractivity contribution >= 4 is 23.0 Å². The molecule has 0 aromatic heterocycles. The molecule has 0 aromatic carbocycles. The first-order chi connectivity index (χ1) is 5.41. The molecule has 0 bridgehead atoms. The summed E-state index contributed by atoms with van der Waals surface area (Å²) in [6, 6.07) is 0. The molecule has 0 aliphatic carbocycles. The van der Waals surface area contributed by atoms with Crippen molar-refractivity contribution in [3.8, 4) is 5.40 Å². The van der Waals surface area contributed by atoms with Gasteiger partial charge in [-0.1, -0.05) is 5.40 Å². The van der Waals surface area contributed by atoms with E-state index in [2.05, 4.69) is 12.6 Å². The minimum atomic E-state index is -5.75. The second-order valence-corrected chi connectivity index (χ2v) is 3.18. The van der Waals surface area contributed by atoms with Gasteiger partial charge in [-0.3, -0.25) is 8.42 Å². The monoisotopic (exact) mass is 428 g/mol. The third kappa shape index (κ3) is 718. The van der Waals surface area contributed by atoms with Gasteiger partial charge in [0.05, 0.1) is 0 Å². The van der Waals surface area contributed by atoms with Crippen molar-refractivity contribution in [2.45, 2.75) is 0 Å². The molecule has 1 radical (unpaired) electrons. The summed E-state index contributed by atoms with van der Waals surface area (Å²) < 4.78 is 68.5. The van der Waals surface area contributed by atoms with E-state index < -0.39 is 24.0 Å². The molecular formula is CCrCuFeKNO8S2. The van der Waals surface area contributed by atoms with Crippen molar-refractivity contribution < 1.29 is 133 Å². The van der Waals surface area contributed by atoms with E-state index in [0.717, 1.165) is 0 Å². The Morgan fingerprint density at radius 3 is 1.19 bits per heavy atom. The van der Waals surface area contributed by atoms with E-state index in [1.807, 2.05) is 0 Å². The molecule has 0 saturated heterocycles. The summed E-state index contributed by atoms with van der Waals surface area (Å²) in [5.41, 5.74) is 0. The Balaban J connectivity index is -0.0000000220. The third-order valence-electron chi connectivity index (χ3n) is 0.